The van der Waals surface area contributed by atoms with Crippen LogP contribution in [0.1, 0.15) is 33.1 Å². The Bertz CT molecular complexity index is 187. The van der Waals surface area contributed by atoms with Gasteiger partial charge in [0, 0.05) is 26.2 Å². The number of rotatable bonds is 3. The lowest BCUT2D eigenvalue weighted by atomic mass is 10.0. The molecule has 0 bridgehead atoms. The van der Waals surface area contributed by atoms with Gasteiger partial charge in [-0.1, -0.05) is 13.8 Å². The second-order valence-electron chi connectivity index (χ2n) is 5.40. The molecule has 2 aliphatic rings. The standard InChI is InChI=1S/C12H24N2/c1-3-12(4-5-12)10-14-7-6-13-8-11(2)9-14/h11,13H,3-10H2,1-2H3. The molecule has 1 heterocycles. The molecule has 2 heteroatoms. The van der Waals surface area contributed by atoms with Crippen LogP contribution in [-0.4, -0.2) is 37.6 Å². The van der Waals surface area contributed by atoms with Crippen LogP contribution in [0.5, 0.6) is 0 Å². The quantitative estimate of drug-likeness (QED) is 0.739. The highest BCUT2D eigenvalue weighted by Gasteiger charge is 2.41. The van der Waals surface area contributed by atoms with Crippen molar-refractivity contribution in [3.8, 4) is 0 Å². The van der Waals surface area contributed by atoms with E-state index in [1.165, 1.54) is 52.0 Å². The van der Waals surface area contributed by atoms with Crippen molar-refractivity contribution >= 4 is 0 Å². The highest BCUT2D eigenvalue weighted by atomic mass is 15.2. The van der Waals surface area contributed by atoms with Crippen molar-refractivity contribution in [2.75, 3.05) is 32.7 Å². The van der Waals surface area contributed by atoms with Gasteiger partial charge in [-0.25, -0.2) is 0 Å². The summed E-state index contributed by atoms with van der Waals surface area (Å²) in [4.78, 5) is 2.68. The lowest BCUT2D eigenvalue weighted by Gasteiger charge is -2.26. The van der Waals surface area contributed by atoms with Crippen LogP contribution in [0.2, 0.25) is 0 Å². The summed E-state index contributed by atoms with van der Waals surface area (Å²) >= 11 is 0. The molecule has 1 N–H and O–H groups in total. The maximum Gasteiger partial charge on any atom is 0.0107 e. The van der Waals surface area contributed by atoms with Gasteiger partial charge in [-0.05, 0) is 37.1 Å². The predicted octanol–water partition coefficient (Wildman–Crippen LogP) is 1.72. The van der Waals surface area contributed by atoms with E-state index in [2.05, 4.69) is 24.1 Å². The molecule has 2 nitrogen and oxygen atoms in total. The first-order valence-corrected chi connectivity index (χ1v) is 6.17. The van der Waals surface area contributed by atoms with Gasteiger partial charge in [0.25, 0.3) is 0 Å². The molecule has 1 aliphatic heterocycles. The molecule has 82 valence electrons. The Morgan fingerprint density at radius 1 is 1.43 bits per heavy atom. The van der Waals surface area contributed by atoms with Crippen LogP contribution >= 0.6 is 0 Å². The molecule has 0 aromatic rings. The SMILES string of the molecule is CCC1(CN2CCNCC(C)C2)CC1. The molecule has 0 aromatic carbocycles. The van der Waals surface area contributed by atoms with E-state index in [1.54, 1.807) is 0 Å². The smallest absolute Gasteiger partial charge is 0.0107 e. The van der Waals surface area contributed by atoms with E-state index in [1.807, 2.05) is 0 Å². The summed E-state index contributed by atoms with van der Waals surface area (Å²) in [6.45, 7) is 11.0. The molecule has 2 fully saturated rings. The summed E-state index contributed by atoms with van der Waals surface area (Å²) in [5, 5.41) is 3.51. The molecule has 1 saturated heterocycles. The first kappa shape index (κ1) is 10.4. The molecule has 1 saturated carbocycles. The van der Waals surface area contributed by atoms with Crippen molar-refractivity contribution in [3.05, 3.63) is 0 Å². The average Bonchev–Trinajstić information content (AvgIpc) is 2.94. The monoisotopic (exact) mass is 196 g/mol. The minimum atomic E-state index is 0.726. The van der Waals surface area contributed by atoms with Crippen molar-refractivity contribution < 1.29 is 0 Å². The first-order valence-electron chi connectivity index (χ1n) is 6.17. The molecule has 1 unspecified atom stereocenters. The third-order valence-electron chi connectivity index (χ3n) is 3.93. The van der Waals surface area contributed by atoms with E-state index in [0.717, 1.165) is 11.3 Å². The van der Waals surface area contributed by atoms with Gasteiger partial charge < -0.3 is 10.2 Å². The molecule has 1 aliphatic carbocycles. The normalized spacial score (nSPS) is 32.6. The molecule has 0 aromatic heterocycles. The van der Waals surface area contributed by atoms with Crippen LogP contribution in [0.25, 0.3) is 0 Å². The number of hydrogen-bond acceptors (Lipinski definition) is 2. The number of nitrogens with one attached hydrogen (secondary N) is 1. The Morgan fingerprint density at radius 2 is 2.21 bits per heavy atom. The topological polar surface area (TPSA) is 15.3 Å². The lowest BCUT2D eigenvalue weighted by Crippen LogP contribution is -2.34. The average molecular weight is 196 g/mol. The van der Waals surface area contributed by atoms with Gasteiger partial charge >= 0.3 is 0 Å². The minimum Gasteiger partial charge on any atom is -0.315 e. The van der Waals surface area contributed by atoms with Gasteiger partial charge in [-0.15, -0.1) is 0 Å². The van der Waals surface area contributed by atoms with Crippen molar-refractivity contribution in [2.45, 2.75) is 33.1 Å². The van der Waals surface area contributed by atoms with Crippen LogP contribution in [0.15, 0.2) is 0 Å². The lowest BCUT2D eigenvalue weighted by molar-refractivity contribution is 0.210. The molecule has 0 amide bonds. The van der Waals surface area contributed by atoms with Gasteiger partial charge in [-0.2, -0.15) is 0 Å². The molecule has 0 radical (unpaired) electrons. The molecule has 1 atom stereocenters. The number of hydrogen-bond donors (Lipinski definition) is 1. The Hall–Kier alpha value is -0.0800. The van der Waals surface area contributed by atoms with Crippen LogP contribution in [-0.2, 0) is 0 Å². The van der Waals surface area contributed by atoms with Crippen molar-refractivity contribution in [2.24, 2.45) is 11.3 Å². The van der Waals surface area contributed by atoms with Gasteiger partial charge in [-0.3, -0.25) is 0 Å². The van der Waals surface area contributed by atoms with Crippen LogP contribution < -0.4 is 5.32 Å². The van der Waals surface area contributed by atoms with E-state index in [0.29, 0.717) is 0 Å². The summed E-state index contributed by atoms with van der Waals surface area (Å²) in [5.41, 5.74) is 0.726. The van der Waals surface area contributed by atoms with E-state index in [9.17, 15) is 0 Å². The fraction of sp³-hybridized carbons (Fsp3) is 1.00. The molecule has 2 rings (SSSR count). The zero-order valence-corrected chi connectivity index (χ0v) is 9.68. The Morgan fingerprint density at radius 3 is 2.86 bits per heavy atom. The largest absolute Gasteiger partial charge is 0.315 e. The van der Waals surface area contributed by atoms with Gasteiger partial charge in [0.2, 0.25) is 0 Å². The van der Waals surface area contributed by atoms with Crippen molar-refractivity contribution in [1.29, 1.82) is 0 Å². The van der Waals surface area contributed by atoms with Crippen LogP contribution in [0.3, 0.4) is 0 Å². The Labute approximate surface area is 88.1 Å². The van der Waals surface area contributed by atoms with Crippen LogP contribution in [0.4, 0.5) is 0 Å². The molecule has 14 heavy (non-hydrogen) atoms. The predicted molar refractivity (Wildman–Crippen MR) is 60.4 cm³/mol. The molecule has 0 spiro atoms. The molecular weight excluding hydrogens is 172 g/mol. The molecular formula is C12H24N2. The Kier molecular flexibility index (Phi) is 3.13. The third-order valence-corrected chi connectivity index (χ3v) is 3.93. The maximum atomic E-state index is 3.51. The van der Waals surface area contributed by atoms with Gasteiger partial charge in [0.05, 0.1) is 0 Å². The van der Waals surface area contributed by atoms with E-state index in [4.69, 9.17) is 0 Å². The third kappa shape index (κ3) is 2.48. The second-order valence-corrected chi connectivity index (χ2v) is 5.40. The second kappa shape index (κ2) is 4.19. The fourth-order valence-electron chi connectivity index (χ4n) is 2.60. The summed E-state index contributed by atoms with van der Waals surface area (Å²) in [5.74, 6) is 0.824. The van der Waals surface area contributed by atoms with Gasteiger partial charge in [0.1, 0.15) is 0 Å². The zero-order valence-electron chi connectivity index (χ0n) is 9.68. The Balaban J connectivity index is 1.83. The minimum absolute atomic E-state index is 0.726. The maximum absolute atomic E-state index is 3.51. The zero-order chi connectivity index (χ0) is 10.0. The van der Waals surface area contributed by atoms with Crippen molar-refractivity contribution in [1.82, 2.24) is 10.2 Å². The summed E-state index contributed by atoms with van der Waals surface area (Å²) in [6.07, 6.45) is 4.33. The summed E-state index contributed by atoms with van der Waals surface area (Å²) in [7, 11) is 0. The highest BCUT2D eigenvalue weighted by molar-refractivity contribution is 4.94. The van der Waals surface area contributed by atoms with Gasteiger partial charge in [0.15, 0.2) is 0 Å². The fourth-order valence-corrected chi connectivity index (χ4v) is 2.60. The first-order chi connectivity index (χ1) is 6.74. The van der Waals surface area contributed by atoms with E-state index < -0.39 is 0 Å². The van der Waals surface area contributed by atoms with E-state index >= 15 is 0 Å². The van der Waals surface area contributed by atoms with Crippen molar-refractivity contribution in [3.63, 3.8) is 0 Å². The number of nitrogens with zero attached hydrogens (tertiary/aromatic N) is 1. The summed E-state index contributed by atoms with van der Waals surface area (Å²) < 4.78 is 0. The van der Waals surface area contributed by atoms with E-state index in [-0.39, 0.29) is 0 Å². The highest BCUT2D eigenvalue weighted by Crippen LogP contribution is 2.49. The van der Waals surface area contributed by atoms with Crippen LogP contribution in [0, 0.1) is 11.3 Å². The summed E-state index contributed by atoms with van der Waals surface area (Å²) in [6, 6.07) is 0.